The van der Waals surface area contributed by atoms with Crippen molar-refractivity contribution in [3.8, 4) is 0 Å². The number of likely N-dealkylation sites (tertiary alicyclic amines) is 1. The quantitative estimate of drug-likeness (QED) is 0.515. The molecule has 0 saturated carbocycles. The highest BCUT2D eigenvalue weighted by molar-refractivity contribution is 6.06. The van der Waals surface area contributed by atoms with Crippen molar-refractivity contribution in [2.45, 2.75) is 44.6 Å². The summed E-state index contributed by atoms with van der Waals surface area (Å²) in [5, 5.41) is 4.36. The molecule has 3 aromatic rings. The molecule has 1 saturated heterocycles. The number of likely N-dealkylation sites (N-methyl/N-ethyl adjacent to an activating group) is 1. The van der Waals surface area contributed by atoms with Gasteiger partial charge in [-0.05, 0) is 49.3 Å². The van der Waals surface area contributed by atoms with Gasteiger partial charge in [0.15, 0.2) is 5.78 Å². The molecule has 7 heteroatoms. The van der Waals surface area contributed by atoms with Gasteiger partial charge < -0.3 is 9.80 Å². The van der Waals surface area contributed by atoms with Crippen LogP contribution >= 0.6 is 0 Å². The molecule has 2 unspecified atom stereocenters. The van der Waals surface area contributed by atoms with E-state index < -0.39 is 0 Å². The third kappa shape index (κ3) is 4.95. The first kappa shape index (κ1) is 24.9. The molecule has 1 aliphatic carbocycles. The number of fused-ring (bicyclic) bond motifs is 1. The normalized spacial score (nSPS) is 18.5. The van der Waals surface area contributed by atoms with Crippen molar-refractivity contribution in [1.29, 1.82) is 0 Å². The number of ketones is 1. The molecular formula is C30H34N4O3. The van der Waals surface area contributed by atoms with Gasteiger partial charge in [0.05, 0.1) is 11.6 Å². The number of carbonyl (C=O) groups is 3. The SMILES string of the molecule is Cc1cc(C(=O)N(C)C(Cc2ccccc2)C2CCN(C(=O)C3CC(=O)c4ccccc43)CC2)n(C)n1. The molecule has 2 amide bonds. The predicted molar refractivity (Wildman–Crippen MR) is 141 cm³/mol. The molecule has 2 atom stereocenters. The molecule has 0 bridgehead atoms. The maximum absolute atomic E-state index is 13.5. The number of carbonyl (C=O) groups excluding carboxylic acids is 3. The van der Waals surface area contributed by atoms with Crippen molar-refractivity contribution in [2.24, 2.45) is 13.0 Å². The van der Waals surface area contributed by atoms with E-state index in [1.165, 1.54) is 5.56 Å². The Bertz CT molecular complexity index is 1310. The first-order valence-electron chi connectivity index (χ1n) is 13.1. The maximum Gasteiger partial charge on any atom is 0.272 e. The summed E-state index contributed by atoms with van der Waals surface area (Å²) in [5.74, 6) is -0.0604. The second-order valence-electron chi connectivity index (χ2n) is 10.4. The average Bonchev–Trinajstić information content (AvgIpc) is 3.44. The van der Waals surface area contributed by atoms with Gasteiger partial charge in [-0.1, -0.05) is 54.6 Å². The third-order valence-corrected chi connectivity index (χ3v) is 8.05. The van der Waals surface area contributed by atoms with Gasteiger partial charge in [0.25, 0.3) is 5.91 Å². The Kier molecular flexibility index (Phi) is 6.96. The molecule has 0 spiro atoms. The molecular weight excluding hydrogens is 464 g/mol. The van der Waals surface area contributed by atoms with Crippen molar-refractivity contribution >= 4 is 17.6 Å². The fourth-order valence-electron chi connectivity index (χ4n) is 6.02. The van der Waals surface area contributed by atoms with Crippen LogP contribution in [0.5, 0.6) is 0 Å². The Balaban J connectivity index is 1.31. The molecule has 37 heavy (non-hydrogen) atoms. The third-order valence-electron chi connectivity index (χ3n) is 8.05. The van der Waals surface area contributed by atoms with E-state index in [9.17, 15) is 14.4 Å². The van der Waals surface area contributed by atoms with E-state index in [0.29, 0.717) is 24.3 Å². The number of amides is 2. The van der Waals surface area contributed by atoms with Gasteiger partial charge in [0.1, 0.15) is 5.69 Å². The van der Waals surface area contributed by atoms with Gasteiger partial charge in [0, 0.05) is 45.2 Å². The summed E-state index contributed by atoms with van der Waals surface area (Å²) in [6.45, 7) is 3.16. The molecule has 1 aromatic heterocycles. The standard InChI is InChI=1S/C30H34N4O3/c1-20-17-27(33(3)31-20)30(37)32(2)26(18-21-9-5-4-6-10-21)22-13-15-34(16-14-22)29(36)25-19-28(35)24-12-8-7-11-23(24)25/h4-12,17,22,25-26H,13-16,18-19H2,1-3H3. The lowest BCUT2D eigenvalue weighted by Gasteiger charge is -2.40. The smallest absolute Gasteiger partial charge is 0.272 e. The Hall–Kier alpha value is -3.74. The minimum absolute atomic E-state index is 0.00357. The Morgan fingerprint density at radius 2 is 1.73 bits per heavy atom. The largest absolute Gasteiger partial charge is 0.342 e. The fourth-order valence-corrected chi connectivity index (χ4v) is 6.02. The lowest BCUT2D eigenvalue weighted by Crippen LogP contribution is -2.49. The molecule has 1 aliphatic heterocycles. The minimum Gasteiger partial charge on any atom is -0.342 e. The number of rotatable bonds is 6. The Morgan fingerprint density at radius 3 is 2.41 bits per heavy atom. The van der Waals surface area contributed by atoms with Crippen LogP contribution in [-0.4, -0.2) is 63.4 Å². The van der Waals surface area contributed by atoms with E-state index in [-0.39, 0.29) is 41.9 Å². The van der Waals surface area contributed by atoms with Crippen LogP contribution in [0.25, 0.3) is 0 Å². The van der Waals surface area contributed by atoms with Crippen molar-refractivity contribution in [1.82, 2.24) is 19.6 Å². The molecule has 0 N–H and O–H groups in total. The van der Waals surface area contributed by atoms with Crippen LogP contribution in [0.4, 0.5) is 0 Å². The molecule has 7 nitrogen and oxygen atoms in total. The average molecular weight is 499 g/mol. The number of Topliss-reactive ketones (excluding diaryl/α,β-unsaturated/α-hetero) is 1. The van der Waals surface area contributed by atoms with Crippen LogP contribution < -0.4 is 0 Å². The number of benzene rings is 2. The number of hydrogen-bond donors (Lipinski definition) is 0. The zero-order valence-corrected chi connectivity index (χ0v) is 21.8. The Morgan fingerprint density at radius 1 is 1.05 bits per heavy atom. The number of aromatic nitrogens is 2. The van der Waals surface area contributed by atoms with E-state index in [2.05, 4.69) is 17.2 Å². The summed E-state index contributed by atoms with van der Waals surface area (Å²) in [5.41, 5.74) is 4.13. The van der Waals surface area contributed by atoms with Crippen molar-refractivity contribution in [2.75, 3.05) is 20.1 Å². The number of nitrogens with zero attached hydrogens (tertiary/aromatic N) is 4. The van der Waals surface area contributed by atoms with Crippen molar-refractivity contribution in [3.63, 3.8) is 0 Å². The molecule has 192 valence electrons. The monoisotopic (exact) mass is 498 g/mol. The summed E-state index contributed by atoms with van der Waals surface area (Å²) in [6, 6.07) is 19.6. The van der Waals surface area contributed by atoms with Crippen LogP contribution in [0.2, 0.25) is 0 Å². The predicted octanol–water partition coefficient (Wildman–Crippen LogP) is 4.02. The lowest BCUT2D eigenvalue weighted by molar-refractivity contribution is -0.134. The summed E-state index contributed by atoms with van der Waals surface area (Å²) >= 11 is 0. The number of hydrogen-bond acceptors (Lipinski definition) is 4. The first-order valence-corrected chi connectivity index (χ1v) is 13.1. The second kappa shape index (κ2) is 10.3. The topological polar surface area (TPSA) is 75.5 Å². The van der Waals surface area contributed by atoms with E-state index in [4.69, 9.17) is 0 Å². The van der Waals surface area contributed by atoms with Gasteiger partial charge in [-0.15, -0.1) is 0 Å². The molecule has 2 heterocycles. The van der Waals surface area contributed by atoms with Gasteiger partial charge in [-0.2, -0.15) is 5.10 Å². The molecule has 2 aromatic carbocycles. The highest BCUT2D eigenvalue weighted by atomic mass is 16.2. The summed E-state index contributed by atoms with van der Waals surface area (Å²) in [6.07, 6.45) is 2.64. The van der Waals surface area contributed by atoms with Gasteiger partial charge in [0.2, 0.25) is 5.91 Å². The summed E-state index contributed by atoms with van der Waals surface area (Å²) < 4.78 is 1.65. The lowest BCUT2D eigenvalue weighted by atomic mass is 9.84. The van der Waals surface area contributed by atoms with Gasteiger partial charge in [-0.3, -0.25) is 19.1 Å². The second-order valence-corrected chi connectivity index (χ2v) is 10.4. The molecule has 5 rings (SSSR count). The highest BCUT2D eigenvalue weighted by Gasteiger charge is 2.39. The van der Waals surface area contributed by atoms with E-state index in [1.54, 1.807) is 11.7 Å². The summed E-state index contributed by atoms with van der Waals surface area (Å²) in [7, 11) is 3.69. The van der Waals surface area contributed by atoms with Crippen LogP contribution in [0, 0.1) is 12.8 Å². The van der Waals surface area contributed by atoms with Crippen molar-refractivity contribution < 1.29 is 14.4 Å². The van der Waals surface area contributed by atoms with E-state index >= 15 is 0 Å². The van der Waals surface area contributed by atoms with Crippen molar-refractivity contribution in [3.05, 3.63) is 88.7 Å². The molecule has 1 fully saturated rings. The van der Waals surface area contributed by atoms with Crippen LogP contribution in [0.3, 0.4) is 0 Å². The minimum atomic E-state index is -0.377. The zero-order valence-electron chi connectivity index (χ0n) is 21.8. The number of piperidine rings is 1. The highest BCUT2D eigenvalue weighted by Crippen LogP contribution is 2.36. The number of aryl methyl sites for hydroxylation is 2. The van der Waals surface area contributed by atoms with Gasteiger partial charge >= 0.3 is 0 Å². The Labute approximate surface area is 218 Å². The fraction of sp³-hybridized carbons (Fsp3) is 0.400. The summed E-state index contributed by atoms with van der Waals surface area (Å²) in [4.78, 5) is 43.2. The van der Waals surface area contributed by atoms with Crippen LogP contribution in [0.1, 0.15) is 62.8 Å². The maximum atomic E-state index is 13.5. The van der Waals surface area contributed by atoms with Crippen LogP contribution in [-0.2, 0) is 18.3 Å². The van der Waals surface area contributed by atoms with E-state index in [1.807, 2.05) is 72.3 Å². The zero-order chi connectivity index (χ0) is 26.1. The molecule has 2 aliphatic rings. The van der Waals surface area contributed by atoms with Crippen LogP contribution in [0.15, 0.2) is 60.7 Å². The molecule has 0 radical (unpaired) electrons. The van der Waals surface area contributed by atoms with E-state index in [0.717, 1.165) is 30.5 Å². The first-order chi connectivity index (χ1) is 17.8. The van der Waals surface area contributed by atoms with Gasteiger partial charge in [-0.25, -0.2) is 0 Å².